The average Bonchev–Trinajstić information content (AvgIpc) is 3.53. The fourth-order valence-corrected chi connectivity index (χ4v) is 4.60. The average molecular weight is 420 g/mol. The summed E-state index contributed by atoms with van der Waals surface area (Å²) < 4.78 is 15.5. The summed E-state index contributed by atoms with van der Waals surface area (Å²) in [5, 5.41) is 4.71. The van der Waals surface area contributed by atoms with E-state index in [9.17, 15) is 9.18 Å². The number of nitrogens with zero attached hydrogens (tertiary/aromatic N) is 6. The number of hydrogen-bond donors (Lipinski definition) is 0. The summed E-state index contributed by atoms with van der Waals surface area (Å²) in [6.07, 6.45) is 7.75. The van der Waals surface area contributed by atoms with Gasteiger partial charge in [-0.25, -0.2) is 14.4 Å². The van der Waals surface area contributed by atoms with E-state index in [4.69, 9.17) is 10.1 Å². The number of aryl methyl sites for hydroxylation is 1. The third-order valence-electron chi connectivity index (χ3n) is 6.07. The molecule has 1 aromatic carbocycles. The van der Waals surface area contributed by atoms with Crippen molar-refractivity contribution in [3.05, 3.63) is 59.8 Å². The Bertz CT molecular complexity index is 1110. The molecule has 7 nitrogen and oxygen atoms in total. The predicted molar refractivity (Wildman–Crippen MR) is 115 cm³/mol. The molecule has 2 aliphatic heterocycles. The number of halogens is 1. The van der Waals surface area contributed by atoms with E-state index in [1.165, 1.54) is 12.1 Å². The van der Waals surface area contributed by atoms with Crippen LogP contribution in [0.25, 0.3) is 11.3 Å². The molecule has 2 aliphatic rings. The van der Waals surface area contributed by atoms with E-state index in [-0.39, 0.29) is 11.9 Å². The van der Waals surface area contributed by atoms with Gasteiger partial charge in [-0.15, -0.1) is 0 Å². The molecule has 5 rings (SSSR count). The minimum atomic E-state index is -0.407. The predicted octanol–water partition coefficient (Wildman–Crippen LogP) is 3.59. The summed E-state index contributed by atoms with van der Waals surface area (Å²) in [5.74, 6) is 0.165. The molecular weight excluding hydrogens is 395 g/mol. The summed E-state index contributed by atoms with van der Waals surface area (Å²) >= 11 is 0. The van der Waals surface area contributed by atoms with Gasteiger partial charge in [0.25, 0.3) is 5.91 Å². The van der Waals surface area contributed by atoms with Crippen molar-refractivity contribution in [2.24, 2.45) is 7.05 Å². The van der Waals surface area contributed by atoms with E-state index in [0.29, 0.717) is 12.1 Å². The van der Waals surface area contributed by atoms with E-state index in [2.05, 4.69) is 9.88 Å². The van der Waals surface area contributed by atoms with Crippen molar-refractivity contribution < 1.29 is 9.18 Å². The molecule has 2 aromatic heterocycles. The number of anilines is 1. The van der Waals surface area contributed by atoms with Gasteiger partial charge < -0.3 is 9.80 Å². The van der Waals surface area contributed by atoms with Gasteiger partial charge >= 0.3 is 0 Å². The molecule has 0 radical (unpaired) electrons. The Morgan fingerprint density at radius 1 is 1.13 bits per heavy atom. The van der Waals surface area contributed by atoms with Crippen molar-refractivity contribution in [3.8, 4) is 11.3 Å². The van der Waals surface area contributed by atoms with Gasteiger partial charge in [-0.3, -0.25) is 9.48 Å². The number of carbonyl (C=O) groups is 1. The zero-order chi connectivity index (χ0) is 21.4. The Kier molecular flexibility index (Phi) is 5.13. The van der Waals surface area contributed by atoms with Crippen molar-refractivity contribution in [3.63, 3.8) is 0 Å². The van der Waals surface area contributed by atoms with Crippen LogP contribution in [0.15, 0.2) is 42.7 Å². The maximum Gasteiger partial charge on any atom is 0.254 e. The third kappa shape index (κ3) is 3.78. The molecule has 0 bridgehead atoms. The quantitative estimate of drug-likeness (QED) is 0.645. The monoisotopic (exact) mass is 420 g/mol. The number of rotatable bonds is 4. The van der Waals surface area contributed by atoms with Crippen LogP contribution in [0.5, 0.6) is 0 Å². The van der Waals surface area contributed by atoms with E-state index < -0.39 is 5.82 Å². The highest BCUT2D eigenvalue weighted by molar-refractivity contribution is 5.94. The van der Waals surface area contributed by atoms with Crippen molar-refractivity contribution in [2.75, 3.05) is 24.5 Å². The molecule has 160 valence electrons. The molecule has 1 atom stereocenters. The lowest BCUT2D eigenvalue weighted by molar-refractivity contribution is 0.0732. The highest BCUT2D eigenvalue weighted by Crippen LogP contribution is 2.37. The number of aromatic nitrogens is 4. The van der Waals surface area contributed by atoms with Crippen molar-refractivity contribution in [1.82, 2.24) is 24.6 Å². The maximum atomic E-state index is 13.7. The lowest BCUT2D eigenvalue weighted by atomic mass is 10.0. The highest BCUT2D eigenvalue weighted by atomic mass is 19.1. The number of carbonyl (C=O) groups excluding carboxylic acids is 1. The zero-order valence-corrected chi connectivity index (χ0v) is 17.5. The Morgan fingerprint density at radius 3 is 2.77 bits per heavy atom. The smallest absolute Gasteiger partial charge is 0.254 e. The minimum absolute atomic E-state index is 0.168. The molecule has 8 heteroatoms. The summed E-state index contributed by atoms with van der Waals surface area (Å²) in [4.78, 5) is 26.4. The molecule has 1 unspecified atom stereocenters. The van der Waals surface area contributed by atoms with Crippen LogP contribution < -0.4 is 4.90 Å². The first-order valence-electron chi connectivity index (χ1n) is 10.8. The maximum absolute atomic E-state index is 13.7. The second-order valence-corrected chi connectivity index (χ2v) is 8.20. The number of amides is 1. The van der Waals surface area contributed by atoms with Crippen molar-refractivity contribution in [2.45, 2.75) is 31.7 Å². The van der Waals surface area contributed by atoms with Crippen LogP contribution in [0.2, 0.25) is 0 Å². The van der Waals surface area contributed by atoms with Gasteiger partial charge in [0, 0.05) is 50.2 Å². The second-order valence-electron chi connectivity index (χ2n) is 8.20. The Morgan fingerprint density at radius 2 is 1.97 bits per heavy atom. The van der Waals surface area contributed by atoms with Crippen molar-refractivity contribution >= 4 is 11.9 Å². The molecule has 0 saturated carbocycles. The van der Waals surface area contributed by atoms with Gasteiger partial charge in [-0.05, 0) is 49.9 Å². The first kappa shape index (κ1) is 19.7. The molecule has 1 amide bonds. The normalized spacial score (nSPS) is 18.7. The van der Waals surface area contributed by atoms with Crippen LogP contribution in [-0.4, -0.2) is 50.2 Å². The topological polar surface area (TPSA) is 67.2 Å². The van der Waals surface area contributed by atoms with Gasteiger partial charge in [0.1, 0.15) is 5.82 Å². The Balaban J connectivity index is 1.49. The van der Waals surface area contributed by atoms with Crippen LogP contribution in [0.1, 0.15) is 47.8 Å². The lowest BCUT2D eigenvalue weighted by Crippen LogP contribution is -2.31. The van der Waals surface area contributed by atoms with Crippen LogP contribution in [0.3, 0.4) is 0 Å². The molecule has 3 aromatic rings. The summed E-state index contributed by atoms with van der Waals surface area (Å²) in [7, 11) is 1.88. The molecule has 0 aliphatic carbocycles. The van der Waals surface area contributed by atoms with Crippen LogP contribution >= 0.6 is 0 Å². The lowest BCUT2D eigenvalue weighted by Gasteiger charge is -2.24. The highest BCUT2D eigenvalue weighted by Gasteiger charge is 2.34. The number of likely N-dealkylation sites (tertiary alicyclic amines) is 1. The molecule has 0 spiro atoms. The van der Waals surface area contributed by atoms with Gasteiger partial charge in [0.2, 0.25) is 5.95 Å². The molecule has 2 saturated heterocycles. The summed E-state index contributed by atoms with van der Waals surface area (Å²) in [6.45, 7) is 2.57. The minimum Gasteiger partial charge on any atom is -0.341 e. The van der Waals surface area contributed by atoms with E-state index in [1.54, 1.807) is 23.0 Å². The summed E-state index contributed by atoms with van der Waals surface area (Å²) in [6, 6.07) is 7.60. The van der Waals surface area contributed by atoms with E-state index >= 15 is 0 Å². The molecule has 4 heterocycles. The number of benzene rings is 1. The van der Waals surface area contributed by atoms with Crippen molar-refractivity contribution in [1.29, 1.82) is 0 Å². The van der Waals surface area contributed by atoms with Gasteiger partial charge in [-0.2, -0.15) is 5.10 Å². The van der Waals surface area contributed by atoms with Gasteiger partial charge in [0.15, 0.2) is 0 Å². The van der Waals surface area contributed by atoms with Crippen LogP contribution in [0, 0.1) is 5.82 Å². The van der Waals surface area contributed by atoms with Crippen LogP contribution in [-0.2, 0) is 7.05 Å². The fraction of sp³-hybridized carbons (Fsp3) is 0.391. The van der Waals surface area contributed by atoms with E-state index in [1.807, 2.05) is 24.2 Å². The standard InChI is InChI=1S/C23H25FN6O/c1-28-15-18(19-9-10-25-23(26-19)29-11-2-3-12-29)21(27-28)20-8-5-13-30(20)22(31)16-6-4-7-17(24)14-16/h4,6-7,9-10,14-15,20H,2-3,5,8,11-13H2,1H3. The first-order valence-corrected chi connectivity index (χ1v) is 10.8. The Labute approximate surface area is 180 Å². The third-order valence-corrected chi connectivity index (χ3v) is 6.07. The molecular formula is C23H25FN6O. The van der Waals surface area contributed by atoms with Crippen LogP contribution in [0.4, 0.5) is 10.3 Å². The molecule has 31 heavy (non-hydrogen) atoms. The Hall–Kier alpha value is -3.29. The fourth-order valence-electron chi connectivity index (χ4n) is 4.60. The van der Waals surface area contributed by atoms with Gasteiger partial charge in [0.05, 0.1) is 17.4 Å². The zero-order valence-electron chi connectivity index (χ0n) is 17.5. The molecule has 0 N–H and O–H groups in total. The number of hydrogen-bond acceptors (Lipinski definition) is 5. The molecule has 2 fully saturated rings. The second kappa shape index (κ2) is 8.09. The first-order chi connectivity index (χ1) is 15.1. The van der Waals surface area contributed by atoms with Gasteiger partial charge in [-0.1, -0.05) is 6.07 Å². The largest absolute Gasteiger partial charge is 0.341 e. The summed E-state index contributed by atoms with van der Waals surface area (Å²) in [5.41, 5.74) is 2.91. The van der Waals surface area contributed by atoms with E-state index in [0.717, 1.165) is 61.7 Å². The SMILES string of the molecule is Cn1cc(-c2ccnc(N3CCCC3)n2)c(C2CCCN2C(=O)c2cccc(F)c2)n1.